The van der Waals surface area contributed by atoms with E-state index in [1.807, 2.05) is 13.0 Å². The summed E-state index contributed by atoms with van der Waals surface area (Å²) in [6, 6.07) is 0. The second-order valence-electron chi connectivity index (χ2n) is 11.0. The number of ether oxygens (including phenoxy) is 2. The number of unbranched alkanes of at least 4 members (excludes halogenated alkanes) is 4. The summed E-state index contributed by atoms with van der Waals surface area (Å²) in [5.41, 5.74) is 0.786. The minimum Gasteiger partial charge on any atom is -0.455 e. The van der Waals surface area contributed by atoms with Crippen molar-refractivity contribution in [1.29, 1.82) is 0 Å². The van der Waals surface area contributed by atoms with Crippen LogP contribution in [0.1, 0.15) is 91.9 Å². The maximum absolute atomic E-state index is 12.1. The van der Waals surface area contributed by atoms with Crippen molar-refractivity contribution >= 4 is 14.3 Å². The van der Waals surface area contributed by atoms with Gasteiger partial charge in [0.05, 0.1) is 18.8 Å². The summed E-state index contributed by atoms with van der Waals surface area (Å²) in [5.74, 6) is -0.172. The Balaban J connectivity index is 1.73. The van der Waals surface area contributed by atoms with Crippen LogP contribution in [0, 0.1) is 0 Å². The van der Waals surface area contributed by atoms with Crippen LogP contribution in [0.25, 0.3) is 0 Å². The lowest BCUT2D eigenvalue weighted by atomic mass is 10.0. The summed E-state index contributed by atoms with van der Waals surface area (Å²) < 4.78 is 17.8. The molecule has 0 amide bonds. The van der Waals surface area contributed by atoms with Gasteiger partial charge in [0.25, 0.3) is 0 Å². The van der Waals surface area contributed by atoms with Crippen molar-refractivity contribution in [3.63, 3.8) is 0 Å². The highest BCUT2D eigenvalue weighted by Gasteiger charge is 2.39. The van der Waals surface area contributed by atoms with E-state index in [0.29, 0.717) is 12.5 Å². The van der Waals surface area contributed by atoms with Gasteiger partial charge in [-0.05, 0) is 56.8 Å². The number of aliphatic hydroxyl groups is 1. The molecule has 0 bridgehead atoms. The fourth-order valence-electron chi connectivity index (χ4n) is 4.22. The fraction of sp³-hybridized carbons (Fsp3) is 0.880. The molecule has 4 atom stereocenters. The Morgan fingerprint density at radius 1 is 1.13 bits per heavy atom. The van der Waals surface area contributed by atoms with Gasteiger partial charge < -0.3 is 19.0 Å². The monoisotopic (exact) mass is 454 g/mol. The average molecular weight is 455 g/mol. The summed E-state index contributed by atoms with van der Waals surface area (Å²) in [4.78, 5) is 12.1. The highest BCUT2D eigenvalue weighted by atomic mass is 28.4. The Morgan fingerprint density at radius 2 is 1.77 bits per heavy atom. The molecule has 0 aliphatic carbocycles. The van der Waals surface area contributed by atoms with Crippen LogP contribution in [0.5, 0.6) is 0 Å². The van der Waals surface area contributed by atoms with Crippen molar-refractivity contribution in [3.8, 4) is 0 Å². The molecule has 0 unspecified atom stereocenters. The smallest absolute Gasteiger partial charge is 0.334 e. The van der Waals surface area contributed by atoms with Crippen LogP contribution in [0.3, 0.4) is 0 Å². The molecule has 1 N–H and O–H groups in total. The SMILES string of the molecule is C[C@H]1C=C(C[C@@H](CCCCCCC[C@@H]2CC[C@@H](CO)O2)O[Si](C)(C)C(C)(C)C)C(=O)O1. The summed E-state index contributed by atoms with van der Waals surface area (Å²) in [6.45, 7) is 13.4. The zero-order valence-corrected chi connectivity index (χ0v) is 21.7. The summed E-state index contributed by atoms with van der Waals surface area (Å²) in [7, 11) is -1.90. The van der Waals surface area contributed by atoms with Crippen molar-refractivity contribution in [2.75, 3.05) is 6.61 Å². The van der Waals surface area contributed by atoms with Crippen LogP contribution in [-0.4, -0.2) is 50.4 Å². The van der Waals surface area contributed by atoms with Crippen molar-refractivity contribution in [1.82, 2.24) is 0 Å². The van der Waals surface area contributed by atoms with Crippen LogP contribution < -0.4 is 0 Å². The van der Waals surface area contributed by atoms with Gasteiger partial charge in [0.15, 0.2) is 8.32 Å². The number of hydrogen-bond acceptors (Lipinski definition) is 5. The number of esters is 1. The van der Waals surface area contributed by atoms with Gasteiger partial charge in [0.1, 0.15) is 6.10 Å². The molecule has 0 aromatic carbocycles. The first-order valence-corrected chi connectivity index (χ1v) is 15.3. The van der Waals surface area contributed by atoms with E-state index in [0.717, 1.165) is 37.7 Å². The fourth-order valence-corrected chi connectivity index (χ4v) is 5.61. The van der Waals surface area contributed by atoms with Crippen molar-refractivity contribution in [2.45, 2.75) is 134 Å². The zero-order chi connectivity index (χ0) is 23.1. The molecule has 0 radical (unpaired) electrons. The molecule has 2 heterocycles. The molecule has 0 aromatic rings. The second-order valence-corrected chi connectivity index (χ2v) is 15.7. The number of aliphatic hydroxyl groups excluding tert-OH is 1. The van der Waals surface area contributed by atoms with Crippen LogP contribution in [0.15, 0.2) is 11.6 Å². The molecular formula is C25H46O5Si. The van der Waals surface area contributed by atoms with Gasteiger partial charge in [-0.2, -0.15) is 0 Å². The van der Waals surface area contributed by atoms with Crippen LogP contribution >= 0.6 is 0 Å². The third-order valence-corrected chi connectivity index (χ3v) is 11.7. The Kier molecular flexibility index (Phi) is 10.2. The maximum Gasteiger partial charge on any atom is 0.334 e. The van der Waals surface area contributed by atoms with E-state index in [4.69, 9.17) is 19.0 Å². The molecule has 0 spiro atoms. The van der Waals surface area contributed by atoms with E-state index in [1.165, 1.54) is 25.7 Å². The van der Waals surface area contributed by atoms with Gasteiger partial charge in [0.2, 0.25) is 0 Å². The first kappa shape index (κ1) is 26.6. The lowest BCUT2D eigenvalue weighted by Gasteiger charge is -2.39. The minimum atomic E-state index is -1.90. The molecule has 2 aliphatic heterocycles. The Hall–Kier alpha value is -0.693. The molecule has 180 valence electrons. The number of hydrogen-bond donors (Lipinski definition) is 1. The molecule has 31 heavy (non-hydrogen) atoms. The third-order valence-electron chi connectivity index (χ3n) is 7.16. The number of rotatable bonds is 13. The standard InChI is InChI=1S/C25H46O5Si/c1-19-16-20(24(27)28-19)17-22(30-31(5,6)25(2,3)4)13-11-9-7-8-10-12-21-14-15-23(18-26)29-21/h16,19,21-23,26H,7-15,17-18H2,1-6H3/t19-,21+,22+,23-/m0/s1. The third kappa shape index (κ3) is 8.63. The maximum atomic E-state index is 12.1. The molecule has 5 nitrogen and oxygen atoms in total. The molecular weight excluding hydrogens is 408 g/mol. The quantitative estimate of drug-likeness (QED) is 0.213. The highest BCUT2D eigenvalue weighted by molar-refractivity contribution is 6.74. The molecule has 2 rings (SSSR count). The van der Waals surface area contributed by atoms with Gasteiger partial charge in [0, 0.05) is 18.1 Å². The predicted octanol–water partition coefficient (Wildman–Crippen LogP) is 5.91. The van der Waals surface area contributed by atoms with Crippen LogP contribution in [-0.2, 0) is 18.7 Å². The van der Waals surface area contributed by atoms with Gasteiger partial charge >= 0.3 is 5.97 Å². The van der Waals surface area contributed by atoms with Crippen molar-refractivity contribution in [3.05, 3.63) is 11.6 Å². The highest BCUT2D eigenvalue weighted by Crippen LogP contribution is 2.39. The van der Waals surface area contributed by atoms with E-state index in [1.54, 1.807) is 0 Å². The molecule has 6 heteroatoms. The summed E-state index contributed by atoms with van der Waals surface area (Å²) >= 11 is 0. The van der Waals surface area contributed by atoms with Gasteiger partial charge in [-0.15, -0.1) is 0 Å². The van der Waals surface area contributed by atoms with E-state index in [-0.39, 0.29) is 35.9 Å². The zero-order valence-electron chi connectivity index (χ0n) is 20.7. The Bertz CT molecular complexity index is 595. The largest absolute Gasteiger partial charge is 0.455 e. The van der Waals surface area contributed by atoms with E-state index >= 15 is 0 Å². The second kappa shape index (κ2) is 12.0. The van der Waals surface area contributed by atoms with Gasteiger partial charge in [-0.1, -0.05) is 52.9 Å². The van der Waals surface area contributed by atoms with E-state index < -0.39 is 8.32 Å². The molecule has 0 saturated carbocycles. The molecule has 0 aromatic heterocycles. The van der Waals surface area contributed by atoms with E-state index in [9.17, 15) is 4.79 Å². The lowest BCUT2D eigenvalue weighted by molar-refractivity contribution is -0.139. The van der Waals surface area contributed by atoms with Gasteiger partial charge in [-0.25, -0.2) is 4.79 Å². The molecule has 1 saturated heterocycles. The number of carbonyl (C=O) groups is 1. The molecule has 1 fully saturated rings. The average Bonchev–Trinajstić information content (AvgIpc) is 3.25. The first-order valence-electron chi connectivity index (χ1n) is 12.4. The van der Waals surface area contributed by atoms with Gasteiger partial charge in [-0.3, -0.25) is 0 Å². The Morgan fingerprint density at radius 3 is 2.35 bits per heavy atom. The van der Waals surface area contributed by atoms with Crippen LogP contribution in [0.4, 0.5) is 0 Å². The van der Waals surface area contributed by atoms with Crippen LogP contribution in [0.2, 0.25) is 18.1 Å². The lowest BCUT2D eigenvalue weighted by Crippen LogP contribution is -2.44. The van der Waals surface area contributed by atoms with E-state index in [2.05, 4.69) is 33.9 Å². The predicted molar refractivity (Wildman–Crippen MR) is 128 cm³/mol. The number of cyclic esters (lactones) is 1. The topological polar surface area (TPSA) is 65.0 Å². The first-order chi connectivity index (χ1) is 14.5. The number of carbonyl (C=O) groups excluding carboxylic acids is 1. The van der Waals surface area contributed by atoms with Crippen molar-refractivity contribution in [2.24, 2.45) is 0 Å². The normalized spacial score (nSPS) is 25.6. The minimum absolute atomic E-state index is 0.0677. The molecule has 2 aliphatic rings. The summed E-state index contributed by atoms with van der Waals surface area (Å²) in [6.07, 6.45) is 13.2. The Labute approximate surface area is 191 Å². The summed E-state index contributed by atoms with van der Waals surface area (Å²) in [5, 5.41) is 9.32. The van der Waals surface area contributed by atoms with Crippen molar-refractivity contribution < 1.29 is 23.8 Å².